The van der Waals surface area contributed by atoms with Gasteiger partial charge in [0.25, 0.3) is 5.91 Å². The van der Waals surface area contributed by atoms with Crippen LogP contribution in [0.2, 0.25) is 0 Å². The van der Waals surface area contributed by atoms with E-state index >= 15 is 0 Å². The number of rotatable bonds is 5. The van der Waals surface area contributed by atoms with Crippen LogP contribution < -0.4 is 10.6 Å². The first-order chi connectivity index (χ1) is 11.3. The summed E-state index contributed by atoms with van der Waals surface area (Å²) in [7, 11) is 0. The normalized spacial score (nSPS) is 16.9. The minimum absolute atomic E-state index is 0. The number of amides is 1. The molecule has 1 fully saturated rings. The Morgan fingerprint density at radius 3 is 2.54 bits per heavy atom. The van der Waals surface area contributed by atoms with Crippen molar-refractivity contribution >= 4 is 18.3 Å². The summed E-state index contributed by atoms with van der Waals surface area (Å²) in [5.41, 5.74) is 3.24. The molecule has 0 bridgehead atoms. The Morgan fingerprint density at radius 1 is 1.04 bits per heavy atom. The van der Waals surface area contributed by atoms with Crippen LogP contribution in [0.15, 0.2) is 54.6 Å². The Morgan fingerprint density at radius 2 is 1.79 bits per heavy atom. The van der Waals surface area contributed by atoms with Gasteiger partial charge in [0, 0.05) is 18.2 Å². The van der Waals surface area contributed by atoms with Crippen LogP contribution in [0.25, 0.3) is 0 Å². The molecule has 2 aromatic carbocycles. The molecule has 0 radical (unpaired) electrons. The fraction of sp³-hybridized carbons (Fsp3) is 0.350. The molecule has 1 atom stereocenters. The largest absolute Gasteiger partial charge is 0.348 e. The first kappa shape index (κ1) is 18.5. The quantitative estimate of drug-likeness (QED) is 0.873. The Labute approximate surface area is 150 Å². The number of nitrogens with one attached hydrogen (secondary N) is 2. The van der Waals surface area contributed by atoms with Crippen LogP contribution in [0.5, 0.6) is 0 Å². The summed E-state index contributed by atoms with van der Waals surface area (Å²) in [5.74, 6) is 0.0577. The van der Waals surface area contributed by atoms with Crippen molar-refractivity contribution in [2.24, 2.45) is 0 Å². The number of piperidine rings is 1. The van der Waals surface area contributed by atoms with E-state index in [0.717, 1.165) is 49.9 Å². The van der Waals surface area contributed by atoms with Gasteiger partial charge in [-0.25, -0.2) is 0 Å². The van der Waals surface area contributed by atoms with Crippen molar-refractivity contribution in [1.29, 1.82) is 0 Å². The molecular weight excluding hydrogens is 320 g/mol. The molecule has 1 aliphatic heterocycles. The van der Waals surface area contributed by atoms with Gasteiger partial charge in [-0.3, -0.25) is 4.79 Å². The van der Waals surface area contributed by atoms with Gasteiger partial charge in [0.15, 0.2) is 0 Å². The van der Waals surface area contributed by atoms with E-state index in [1.807, 2.05) is 24.3 Å². The van der Waals surface area contributed by atoms with Crippen molar-refractivity contribution in [3.8, 4) is 0 Å². The Kier molecular flexibility index (Phi) is 7.29. The molecule has 128 valence electrons. The third kappa shape index (κ3) is 5.08. The highest BCUT2D eigenvalue weighted by Gasteiger charge is 2.17. The van der Waals surface area contributed by atoms with E-state index in [1.54, 1.807) is 0 Å². The lowest BCUT2D eigenvalue weighted by molar-refractivity contribution is 0.0929. The summed E-state index contributed by atoms with van der Waals surface area (Å²) in [4.78, 5) is 12.6. The van der Waals surface area contributed by atoms with Gasteiger partial charge < -0.3 is 10.6 Å². The highest BCUT2D eigenvalue weighted by molar-refractivity contribution is 5.95. The lowest BCUT2D eigenvalue weighted by Crippen LogP contribution is -2.45. The molecular formula is C20H25ClN2O. The zero-order chi connectivity index (χ0) is 15.9. The molecule has 0 aliphatic carbocycles. The van der Waals surface area contributed by atoms with Gasteiger partial charge in [-0.15, -0.1) is 12.4 Å². The molecule has 0 spiro atoms. The predicted octanol–water partition coefficient (Wildman–Crippen LogP) is 3.38. The third-order valence-corrected chi connectivity index (χ3v) is 4.42. The van der Waals surface area contributed by atoms with Gasteiger partial charge in [-0.1, -0.05) is 48.5 Å². The van der Waals surface area contributed by atoms with E-state index in [-0.39, 0.29) is 24.4 Å². The summed E-state index contributed by atoms with van der Waals surface area (Å²) in [6, 6.07) is 18.6. The molecule has 1 saturated heterocycles. The topological polar surface area (TPSA) is 41.1 Å². The van der Waals surface area contributed by atoms with Crippen LogP contribution >= 0.6 is 12.4 Å². The fourth-order valence-corrected chi connectivity index (χ4v) is 3.12. The molecule has 4 heteroatoms. The van der Waals surface area contributed by atoms with Crippen molar-refractivity contribution in [3.63, 3.8) is 0 Å². The number of hydrogen-bond donors (Lipinski definition) is 2. The Hall–Kier alpha value is -1.84. The van der Waals surface area contributed by atoms with Crippen LogP contribution in [0.4, 0.5) is 0 Å². The average molecular weight is 345 g/mol. The molecule has 3 nitrogen and oxygen atoms in total. The summed E-state index contributed by atoms with van der Waals surface area (Å²) < 4.78 is 0. The number of hydrogen-bond acceptors (Lipinski definition) is 2. The van der Waals surface area contributed by atoms with E-state index in [9.17, 15) is 4.79 Å². The lowest BCUT2D eigenvalue weighted by atomic mass is 9.98. The van der Waals surface area contributed by atoms with Crippen LogP contribution in [0, 0.1) is 0 Å². The van der Waals surface area contributed by atoms with E-state index in [4.69, 9.17) is 0 Å². The molecule has 1 heterocycles. The van der Waals surface area contributed by atoms with Gasteiger partial charge in [0.05, 0.1) is 0 Å². The molecule has 1 unspecified atom stereocenters. The monoisotopic (exact) mass is 344 g/mol. The number of carbonyl (C=O) groups is 1. The van der Waals surface area contributed by atoms with Crippen molar-refractivity contribution in [3.05, 3.63) is 71.3 Å². The minimum Gasteiger partial charge on any atom is -0.348 e. The van der Waals surface area contributed by atoms with Crippen LogP contribution in [0.3, 0.4) is 0 Å². The number of halogens is 1. The summed E-state index contributed by atoms with van der Waals surface area (Å²) >= 11 is 0. The van der Waals surface area contributed by atoms with Gasteiger partial charge in [0.2, 0.25) is 0 Å². The maximum Gasteiger partial charge on any atom is 0.251 e. The van der Waals surface area contributed by atoms with E-state index in [0.29, 0.717) is 0 Å². The van der Waals surface area contributed by atoms with E-state index < -0.39 is 0 Å². The molecule has 0 aromatic heterocycles. The number of aryl methyl sites for hydroxylation is 2. The molecule has 0 saturated carbocycles. The SMILES string of the molecule is Cl.O=C(NC1CCCNC1)c1ccccc1CCc1ccccc1. The van der Waals surface area contributed by atoms with Gasteiger partial charge in [-0.05, 0) is 49.4 Å². The van der Waals surface area contributed by atoms with Crippen LogP contribution in [-0.2, 0) is 12.8 Å². The van der Waals surface area contributed by atoms with Gasteiger partial charge in [-0.2, -0.15) is 0 Å². The standard InChI is InChI=1S/C20H24N2O.ClH/c23-20(22-18-10-6-14-21-15-18)19-11-5-4-9-17(19)13-12-16-7-2-1-3-8-16;/h1-5,7-9,11,18,21H,6,10,12-15H2,(H,22,23);1H. The second kappa shape index (κ2) is 9.45. The van der Waals surface area contributed by atoms with E-state index in [1.165, 1.54) is 5.56 Å². The van der Waals surface area contributed by atoms with E-state index in [2.05, 4.69) is 41.0 Å². The summed E-state index contributed by atoms with van der Waals surface area (Å²) in [6.07, 6.45) is 4.03. The highest BCUT2D eigenvalue weighted by Crippen LogP contribution is 2.14. The number of carbonyl (C=O) groups excluding carboxylic acids is 1. The predicted molar refractivity (Wildman–Crippen MR) is 101 cm³/mol. The summed E-state index contributed by atoms with van der Waals surface area (Å²) in [5, 5.41) is 6.51. The zero-order valence-corrected chi connectivity index (χ0v) is 14.6. The first-order valence-electron chi connectivity index (χ1n) is 8.46. The maximum atomic E-state index is 12.6. The molecule has 1 amide bonds. The molecule has 3 rings (SSSR count). The number of benzene rings is 2. The van der Waals surface area contributed by atoms with Crippen molar-refractivity contribution in [1.82, 2.24) is 10.6 Å². The fourth-order valence-electron chi connectivity index (χ4n) is 3.12. The van der Waals surface area contributed by atoms with Gasteiger partial charge >= 0.3 is 0 Å². The van der Waals surface area contributed by atoms with Crippen molar-refractivity contribution in [2.75, 3.05) is 13.1 Å². The zero-order valence-electron chi connectivity index (χ0n) is 13.8. The molecule has 2 aromatic rings. The first-order valence-corrected chi connectivity index (χ1v) is 8.46. The Bertz CT molecular complexity index is 639. The maximum absolute atomic E-state index is 12.6. The summed E-state index contributed by atoms with van der Waals surface area (Å²) in [6.45, 7) is 1.93. The van der Waals surface area contributed by atoms with Crippen molar-refractivity contribution < 1.29 is 4.79 Å². The third-order valence-electron chi connectivity index (χ3n) is 4.42. The Balaban J connectivity index is 0.00000208. The molecule has 1 aliphatic rings. The lowest BCUT2D eigenvalue weighted by Gasteiger charge is -2.24. The van der Waals surface area contributed by atoms with Crippen LogP contribution in [-0.4, -0.2) is 25.0 Å². The van der Waals surface area contributed by atoms with Crippen LogP contribution in [0.1, 0.15) is 34.3 Å². The minimum atomic E-state index is 0. The molecule has 2 N–H and O–H groups in total. The average Bonchev–Trinajstić information content (AvgIpc) is 2.62. The highest BCUT2D eigenvalue weighted by atomic mass is 35.5. The second-order valence-electron chi connectivity index (χ2n) is 6.16. The smallest absolute Gasteiger partial charge is 0.251 e. The van der Waals surface area contributed by atoms with Gasteiger partial charge in [0.1, 0.15) is 0 Å². The second-order valence-corrected chi connectivity index (χ2v) is 6.16. The van der Waals surface area contributed by atoms with Crippen molar-refractivity contribution in [2.45, 2.75) is 31.7 Å². The molecule has 24 heavy (non-hydrogen) atoms.